The van der Waals surface area contributed by atoms with Gasteiger partial charge in [0.25, 0.3) is 0 Å². The number of fused-ring (bicyclic) bond motifs is 1. The molecule has 0 atom stereocenters. The van der Waals surface area contributed by atoms with Crippen molar-refractivity contribution in [2.24, 2.45) is 0 Å². The van der Waals surface area contributed by atoms with E-state index < -0.39 is 0 Å². The zero-order valence-electron chi connectivity index (χ0n) is 8.27. The summed E-state index contributed by atoms with van der Waals surface area (Å²) in [6, 6.07) is 17.0. The van der Waals surface area contributed by atoms with Gasteiger partial charge in [-0.2, -0.15) is 0 Å². The zero-order chi connectivity index (χ0) is 10.1. The summed E-state index contributed by atoms with van der Waals surface area (Å²) < 4.78 is 0. The summed E-state index contributed by atoms with van der Waals surface area (Å²) >= 11 is 0. The fraction of sp³-hybridized carbons (Fsp3) is 0. The van der Waals surface area contributed by atoms with Gasteiger partial charge >= 0.3 is 0 Å². The molecule has 72 valence electrons. The number of aromatic nitrogens is 1. The van der Waals surface area contributed by atoms with Gasteiger partial charge in [0.1, 0.15) is 0 Å². The highest BCUT2D eigenvalue weighted by atomic mass is 14.6. The molecule has 0 radical (unpaired) electrons. The molecule has 3 rings (SSSR count). The molecule has 0 saturated carbocycles. The highest BCUT2D eigenvalue weighted by Crippen LogP contribution is 2.27. The second kappa shape index (κ2) is 3.28. The molecule has 1 heterocycles. The molecule has 0 spiro atoms. The van der Waals surface area contributed by atoms with E-state index in [0.717, 1.165) is 0 Å². The van der Waals surface area contributed by atoms with Crippen LogP contribution < -0.4 is 0 Å². The Morgan fingerprint density at radius 2 is 1.67 bits per heavy atom. The maximum atomic E-state index is 3.09. The lowest BCUT2D eigenvalue weighted by Crippen LogP contribution is -1.77. The van der Waals surface area contributed by atoms with E-state index in [9.17, 15) is 0 Å². The number of H-pyrrole nitrogens is 1. The lowest BCUT2D eigenvalue weighted by molar-refractivity contribution is 1.41. The molecule has 15 heavy (non-hydrogen) atoms. The van der Waals surface area contributed by atoms with Crippen LogP contribution in [0.15, 0.2) is 60.9 Å². The monoisotopic (exact) mass is 193 g/mol. The van der Waals surface area contributed by atoms with Gasteiger partial charge in [0, 0.05) is 12.4 Å². The Balaban J connectivity index is 2.36. The van der Waals surface area contributed by atoms with Crippen molar-refractivity contribution in [3.05, 3.63) is 60.9 Å². The molecule has 1 aromatic heterocycles. The number of aromatic amines is 1. The van der Waals surface area contributed by atoms with Crippen LogP contribution in [0.5, 0.6) is 0 Å². The lowest BCUT2D eigenvalue weighted by atomic mass is 10.0. The molecular formula is C14H11N. The van der Waals surface area contributed by atoms with E-state index in [1.165, 1.54) is 21.9 Å². The van der Waals surface area contributed by atoms with Crippen molar-refractivity contribution in [2.45, 2.75) is 0 Å². The Hall–Kier alpha value is -2.02. The summed E-state index contributed by atoms with van der Waals surface area (Å²) in [7, 11) is 0. The highest BCUT2D eigenvalue weighted by Gasteiger charge is 2.02. The standard InChI is InChI=1S/C14H11N/c1-2-6-13-11(4-1)5-3-7-14(13)12-8-9-15-10-12/h1-10,15H. The summed E-state index contributed by atoms with van der Waals surface area (Å²) in [5.41, 5.74) is 2.53. The molecule has 0 unspecified atom stereocenters. The molecule has 0 aliphatic heterocycles. The summed E-state index contributed by atoms with van der Waals surface area (Å²) in [6.07, 6.45) is 3.98. The fourth-order valence-corrected chi connectivity index (χ4v) is 1.97. The summed E-state index contributed by atoms with van der Waals surface area (Å²) in [4.78, 5) is 3.09. The smallest absolute Gasteiger partial charge is 0.00843 e. The van der Waals surface area contributed by atoms with Crippen molar-refractivity contribution in [2.75, 3.05) is 0 Å². The SMILES string of the molecule is c1ccc2c(-c3cc[nH]c3)cccc2c1. The molecule has 0 saturated heterocycles. The van der Waals surface area contributed by atoms with Gasteiger partial charge in [-0.25, -0.2) is 0 Å². The maximum Gasteiger partial charge on any atom is 0.00843 e. The first-order chi connectivity index (χ1) is 7.45. The second-order valence-electron chi connectivity index (χ2n) is 3.63. The van der Waals surface area contributed by atoms with Gasteiger partial charge in [0.15, 0.2) is 0 Å². The third-order valence-corrected chi connectivity index (χ3v) is 2.70. The first-order valence-corrected chi connectivity index (χ1v) is 5.06. The minimum Gasteiger partial charge on any atom is -0.367 e. The van der Waals surface area contributed by atoms with Crippen LogP contribution in [0.25, 0.3) is 21.9 Å². The van der Waals surface area contributed by atoms with Crippen LogP contribution >= 0.6 is 0 Å². The van der Waals surface area contributed by atoms with E-state index in [4.69, 9.17) is 0 Å². The predicted molar refractivity (Wildman–Crippen MR) is 63.7 cm³/mol. The van der Waals surface area contributed by atoms with Gasteiger partial charge in [0.2, 0.25) is 0 Å². The molecular weight excluding hydrogens is 182 g/mol. The first kappa shape index (κ1) is 8.30. The quantitative estimate of drug-likeness (QED) is 0.604. The second-order valence-corrected chi connectivity index (χ2v) is 3.63. The average molecular weight is 193 g/mol. The Labute approximate surface area is 88.4 Å². The Morgan fingerprint density at radius 3 is 2.53 bits per heavy atom. The van der Waals surface area contributed by atoms with Crippen LogP contribution in [0.2, 0.25) is 0 Å². The first-order valence-electron chi connectivity index (χ1n) is 5.06. The molecule has 2 aromatic carbocycles. The van der Waals surface area contributed by atoms with Crippen molar-refractivity contribution in [3.8, 4) is 11.1 Å². The molecule has 0 aliphatic carbocycles. The number of rotatable bonds is 1. The Kier molecular flexibility index (Phi) is 1.82. The van der Waals surface area contributed by atoms with E-state index in [-0.39, 0.29) is 0 Å². The Morgan fingerprint density at radius 1 is 0.800 bits per heavy atom. The van der Waals surface area contributed by atoms with Gasteiger partial charge in [-0.05, 0) is 28.0 Å². The van der Waals surface area contributed by atoms with Crippen molar-refractivity contribution >= 4 is 10.8 Å². The molecule has 0 fully saturated rings. The summed E-state index contributed by atoms with van der Waals surface area (Å²) in [5, 5.41) is 2.59. The minimum atomic E-state index is 1.24. The van der Waals surface area contributed by atoms with Gasteiger partial charge < -0.3 is 4.98 Å². The predicted octanol–water partition coefficient (Wildman–Crippen LogP) is 3.83. The van der Waals surface area contributed by atoms with Crippen LogP contribution in [-0.2, 0) is 0 Å². The fourth-order valence-electron chi connectivity index (χ4n) is 1.97. The summed E-state index contributed by atoms with van der Waals surface area (Å²) in [5.74, 6) is 0. The summed E-state index contributed by atoms with van der Waals surface area (Å²) in [6.45, 7) is 0. The van der Waals surface area contributed by atoms with Crippen molar-refractivity contribution in [1.82, 2.24) is 4.98 Å². The molecule has 0 aliphatic rings. The van der Waals surface area contributed by atoms with Crippen LogP contribution in [-0.4, -0.2) is 4.98 Å². The van der Waals surface area contributed by atoms with Crippen LogP contribution in [0.3, 0.4) is 0 Å². The molecule has 0 bridgehead atoms. The molecule has 1 nitrogen and oxygen atoms in total. The molecule has 3 aromatic rings. The van der Waals surface area contributed by atoms with Gasteiger partial charge in [0.05, 0.1) is 0 Å². The van der Waals surface area contributed by atoms with Crippen LogP contribution in [0.1, 0.15) is 0 Å². The highest BCUT2D eigenvalue weighted by molar-refractivity contribution is 5.96. The normalized spacial score (nSPS) is 10.7. The number of hydrogen-bond acceptors (Lipinski definition) is 0. The third-order valence-electron chi connectivity index (χ3n) is 2.70. The lowest BCUT2D eigenvalue weighted by Gasteiger charge is -2.03. The van der Waals surface area contributed by atoms with E-state index in [1.807, 2.05) is 12.4 Å². The average Bonchev–Trinajstić information content (AvgIpc) is 2.82. The topological polar surface area (TPSA) is 15.8 Å². The maximum absolute atomic E-state index is 3.09. The zero-order valence-corrected chi connectivity index (χ0v) is 8.27. The van der Waals surface area contributed by atoms with Crippen molar-refractivity contribution in [3.63, 3.8) is 0 Å². The molecule has 1 heteroatoms. The largest absolute Gasteiger partial charge is 0.367 e. The molecule has 0 amide bonds. The number of nitrogens with one attached hydrogen (secondary N) is 1. The van der Waals surface area contributed by atoms with E-state index in [0.29, 0.717) is 0 Å². The number of hydrogen-bond donors (Lipinski definition) is 1. The van der Waals surface area contributed by atoms with Gasteiger partial charge in [-0.3, -0.25) is 0 Å². The van der Waals surface area contributed by atoms with Crippen molar-refractivity contribution < 1.29 is 0 Å². The van der Waals surface area contributed by atoms with E-state index in [1.54, 1.807) is 0 Å². The number of benzene rings is 2. The minimum absolute atomic E-state index is 1.24. The third kappa shape index (κ3) is 1.33. The van der Waals surface area contributed by atoms with Crippen LogP contribution in [0, 0.1) is 0 Å². The molecule has 1 N–H and O–H groups in total. The van der Waals surface area contributed by atoms with Crippen LogP contribution in [0.4, 0.5) is 0 Å². The van der Waals surface area contributed by atoms with E-state index >= 15 is 0 Å². The van der Waals surface area contributed by atoms with Gasteiger partial charge in [-0.1, -0.05) is 42.5 Å². The van der Waals surface area contributed by atoms with E-state index in [2.05, 4.69) is 53.5 Å². The Bertz CT molecular complexity index is 574. The van der Waals surface area contributed by atoms with Gasteiger partial charge in [-0.15, -0.1) is 0 Å². The van der Waals surface area contributed by atoms with Crippen molar-refractivity contribution in [1.29, 1.82) is 0 Å².